The van der Waals surface area contributed by atoms with Crippen LogP contribution in [0.25, 0.3) is 22.4 Å². The predicted molar refractivity (Wildman–Crippen MR) is 152 cm³/mol. The van der Waals surface area contributed by atoms with Crippen molar-refractivity contribution in [1.29, 1.82) is 0 Å². The van der Waals surface area contributed by atoms with Gasteiger partial charge in [-0.3, -0.25) is 9.78 Å². The van der Waals surface area contributed by atoms with Crippen LogP contribution in [0.3, 0.4) is 0 Å². The zero-order chi connectivity index (χ0) is 26.4. The van der Waals surface area contributed by atoms with Gasteiger partial charge >= 0.3 is 0 Å². The average molecular weight is 527 g/mol. The fraction of sp³-hybridized carbons (Fsp3) is 0.387. The van der Waals surface area contributed by atoms with E-state index in [1.807, 2.05) is 17.8 Å². The molecule has 3 aromatic heterocycles. The SMILES string of the molecule is COc1cc2c(cc1-c1cccnc1)-c1cc3c(n1C(c1cscn1)C2)C(=O)N(C(C)(C)C)CCCCC3. The number of carbonyl (C=O) groups is 1. The molecule has 2 aliphatic rings. The van der Waals surface area contributed by atoms with Gasteiger partial charge in [-0.1, -0.05) is 12.5 Å². The number of methoxy groups -OCH3 is 1. The van der Waals surface area contributed by atoms with Gasteiger partial charge in [0.1, 0.15) is 11.4 Å². The van der Waals surface area contributed by atoms with Gasteiger partial charge in [-0.05, 0) is 81.8 Å². The van der Waals surface area contributed by atoms with Crippen molar-refractivity contribution in [2.45, 2.75) is 64.5 Å². The van der Waals surface area contributed by atoms with Crippen LogP contribution in [0.1, 0.15) is 73.4 Å². The normalized spacial score (nSPS) is 17.6. The quantitative estimate of drug-likeness (QED) is 0.295. The van der Waals surface area contributed by atoms with E-state index >= 15 is 0 Å². The number of carbonyl (C=O) groups excluding carboxylic acids is 1. The molecule has 6 rings (SSSR count). The third-order valence-electron chi connectivity index (χ3n) is 7.89. The molecule has 1 amide bonds. The number of nitrogens with zero attached hydrogens (tertiary/aromatic N) is 4. The van der Waals surface area contributed by atoms with Gasteiger partial charge in [0.05, 0.1) is 24.4 Å². The van der Waals surface area contributed by atoms with Gasteiger partial charge in [-0.15, -0.1) is 11.3 Å². The van der Waals surface area contributed by atoms with Crippen molar-refractivity contribution >= 4 is 17.2 Å². The minimum atomic E-state index is -0.257. The molecule has 196 valence electrons. The number of pyridine rings is 1. The lowest BCUT2D eigenvalue weighted by atomic mass is 9.89. The first-order valence-electron chi connectivity index (χ1n) is 13.4. The third kappa shape index (κ3) is 4.23. The third-order valence-corrected chi connectivity index (χ3v) is 8.50. The van der Waals surface area contributed by atoms with Gasteiger partial charge < -0.3 is 14.2 Å². The van der Waals surface area contributed by atoms with Crippen LogP contribution in [0.4, 0.5) is 0 Å². The lowest BCUT2D eigenvalue weighted by Crippen LogP contribution is -2.47. The summed E-state index contributed by atoms with van der Waals surface area (Å²) in [4.78, 5) is 25.6. The van der Waals surface area contributed by atoms with Crippen molar-refractivity contribution in [1.82, 2.24) is 19.4 Å². The van der Waals surface area contributed by atoms with Crippen LogP contribution in [-0.2, 0) is 12.8 Å². The van der Waals surface area contributed by atoms with E-state index in [0.29, 0.717) is 0 Å². The van der Waals surface area contributed by atoms with Gasteiger partial charge in [0.25, 0.3) is 5.91 Å². The Bertz CT molecular complexity index is 1470. The maximum absolute atomic E-state index is 14.4. The molecule has 1 aromatic carbocycles. The lowest BCUT2D eigenvalue weighted by Gasteiger charge is -2.37. The minimum absolute atomic E-state index is 0.0482. The molecule has 0 saturated heterocycles. The Labute approximate surface area is 228 Å². The molecule has 0 spiro atoms. The van der Waals surface area contributed by atoms with Crippen LogP contribution in [0, 0.1) is 0 Å². The van der Waals surface area contributed by atoms with Crippen LogP contribution in [0.5, 0.6) is 5.75 Å². The summed E-state index contributed by atoms with van der Waals surface area (Å²) in [6.45, 7) is 7.20. The molecule has 0 N–H and O–H groups in total. The summed E-state index contributed by atoms with van der Waals surface area (Å²) in [6.07, 6.45) is 8.55. The Morgan fingerprint density at radius 3 is 2.66 bits per heavy atom. The molecule has 6 nitrogen and oxygen atoms in total. The molecule has 0 fully saturated rings. The monoisotopic (exact) mass is 526 g/mol. The molecule has 2 aliphatic heterocycles. The van der Waals surface area contributed by atoms with Crippen molar-refractivity contribution in [3.63, 3.8) is 0 Å². The zero-order valence-electron chi connectivity index (χ0n) is 22.5. The number of aryl methyl sites for hydroxylation is 1. The highest BCUT2D eigenvalue weighted by atomic mass is 32.1. The van der Waals surface area contributed by atoms with Crippen molar-refractivity contribution in [2.75, 3.05) is 13.7 Å². The molecule has 1 atom stereocenters. The van der Waals surface area contributed by atoms with E-state index in [1.165, 1.54) is 5.56 Å². The van der Waals surface area contributed by atoms with Gasteiger partial charge in [0, 0.05) is 52.2 Å². The average Bonchev–Trinajstić information content (AvgIpc) is 3.58. The second-order valence-electron chi connectivity index (χ2n) is 11.3. The maximum atomic E-state index is 14.4. The highest BCUT2D eigenvalue weighted by Crippen LogP contribution is 2.46. The fourth-order valence-corrected chi connectivity index (χ4v) is 6.64. The van der Waals surface area contributed by atoms with Crippen molar-refractivity contribution in [3.05, 3.63) is 76.1 Å². The Hall–Kier alpha value is -3.45. The molecule has 5 heterocycles. The first kappa shape index (κ1) is 24.9. The number of aromatic nitrogens is 3. The number of hydrogen-bond acceptors (Lipinski definition) is 5. The van der Waals surface area contributed by atoms with E-state index in [9.17, 15) is 4.79 Å². The van der Waals surface area contributed by atoms with Crippen LogP contribution >= 0.6 is 11.3 Å². The summed E-state index contributed by atoms with van der Waals surface area (Å²) in [5, 5.41) is 2.12. The van der Waals surface area contributed by atoms with E-state index in [1.54, 1.807) is 24.6 Å². The number of ether oxygens (including phenoxy) is 1. The van der Waals surface area contributed by atoms with E-state index in [2.05, 4.69) is 64.9 Å². The molecule has 4 aromatic rings. The Morgan fingerprint density at radius 1 is 1.08 bits per heavy atom. The molecule has 1 unspecified atom stereocenters. The van der Waals surface area contributed by atoms with E-state index < -0.39 is 0 Å². The molecule has 38 heavy (non-hydrogen) atoms. The van der Waals surface area contributed by atoms with Gasteiger partial charge in [0.15, 0.2) is 0 Å². The second kappa shape index (κ2) is 9.70. The van der Waals surface area contributed by atoms with Gasteiger partial charge in [-0.2, -0.15) is 0 Å². The summed E-state index contributed by atoms with van der Waals surface area (Å²) in [5.74, 6) is 0.962. The molecule has 0 bridgehead atoms. The molecule has 0 radical (unpaired) electrons. The fourth-order valence-electron chi connectivity index (χ4n) is 6.04. The maximum Gasteiger partial charge on any atom is 0.271 e. The van der Waals surface area contributed by atoms with E-state index in [0.717, 1.165) is 83.7 Å². The highest BCUT2D eigenvalue weighted by Gasteiger charge is 2.37. The molecular formula is C31H34N4O2S. The van der Waals surface area contributed by atoms with Crippen LogP contribution in [0.2, 0.25) is 0 Å². The van der Waals surface area contributed by atoms with E-state index in [-0.39, 0.29) is 17.5 Å². The molecule has 7 heteroatoms. The van der Waals surface area contributed by atoms with Crippen LogP contribution < -0.4 is 4.74 Å². The topological polar surface area (TPSA) is 60.2 Å². The standard InChI is InChI=1S/C31H34N4O2S/c1-31(2,3)34-12-7-5-6-9-20-13-26-23-16-24(21-10-8-11-32-17-21)28(37-4)15-22(23)14-27(25-18-38-19-33-25)35(26)29(20)30(34)36/h8,10-11,13,15-19,27H,5-7,9,12,14H2,1-4H3. The predicted octanol–water partition coefficient (Wildman–Crippen LogP) is 6.79. The Balaban J connectivity index is 1.61. The number of amides is 1. The second-order valence-corrected chi connectivity index (χ2v) is 12.0. The highest BCUT2D eigenvalue weighted by molar-refractivity contribution is 7.07. The Morgan fingerprint density at radius 2 is 1.95 bits per heavy atom. The van der Waals surface area contributed by atoms with Gasteiger partial charge in [-0.25, -0.2) is 4.98 Å². The molecule has 0 saturated carbocycles. The minimum Gasteiger partial charge on any atom is -0.496 e. The zero-order valence-corrected chi connectivity index (χ0v) is 23.3. The number of benzene rings is 1. The van der Waals surface area contributed by atoms with E-state index in [4.69, 9.17) is 9.72 Å². The smallest absolute Gasteiger partial charge is 0.271 e. The first-order chi connectivity index (χ1) is 18.4. The van der Waals surface area contributed by atoms with Crippen LogP contribution in [-0.4, -0.2) is 44.5 Å². The summed E-state index contributed by atoms with van der Waals surface area (Å²) >= 11 is 1.60. The summed E-state index contributed by atoms with van der Waals surface area (Å²) in [7, 11) is 1.72. The van der Waals surface area contributed by atoms with Crippen molar-refractivity contribution in [2.24, 2.45) is 0 Å². The number of fused-ring (bicyclic) bond motifs is 5. The molecular weight excluding hydrogens is 492 g/mol. The largest absolute Gasteiger partial charge is 0.496 e. The lowest BCUT2D eigenvalue weighted by molar-refractivity contribution is 0.0566. The van der Waals surface area contributed by atoms with Crippen molar-refractivity contribution in [3.8, 4) is 28.1 Å². The molecule has 0 aliphatic carbocycles. The number of hydrogen-bond donors (Lipinski definition) is 0. The first-order valence-corrected chi connectivity index (χ1v) is 14.4. The summed E-state index contributed by atoms with van der Waals surface area (Å²) in [5.41, 5.74) is 10.1. The van der Waals surface area contributed by atoms with Crippen molar-refractivity contribution < 1.29 is 9.53 Å². The van der Waals surface area contributed by atoms with Gasteiger partial charge in [0.2, 0.25) is 0 Å². The number of thiazole rings is 1. The summed E-state index contributed by atoms with van der Waals surface area (Å²) < 4.78 is 8.17. The Kier molecular flexibility index (Phi) is 6.34. The van der Waals surface area contributed by atoms with Crippen LogP contribution in [0.15, 0.2) is 53.6 Å². The summed E-state index contributed by atoms with van der Waals surface area (Å²) in [6, 6.07) is 10.6. The number of rotatable bonds is 3.